The van der Waals surface area contributed by atoms with E-state index in [0.717, 1.165) is 15.6 Å². The minimum Gasteiger partial charge on any atom is -0.481 e. The van der Waals surface area contributed by atoms with E-state index in [9.17, 15) is 4.79 Å². The molecule has 0 aliphatic heterocycles. The number of carboxylic acids is 1. The highest BCUT2D eigenvalue weighted by atomic mass is 79.9. The summed E-state index contributed by atoms with van der Waals surface area (Å²) in [5, 5.41) is 8.58. The summed E-state index contributed by atoms with van der Waals surface area (Å²) in [4.78, 5) is 10.4. The summed E-state index contributed by atoms with van der Waals surface area (Å²) in [6.07, 6.45) is -0.0406. The predicted octanol–water partition coefficient (Wildman–Crippen LogP) is 2.23. The zero-order valence-corrected chi connectivity index (χ0v) is 9.41. The minimum atomic E-state index is -0.877. The Bertz CT molecular complexity index is 352. The summed E-state index contributed by atoms with van der Waals surface area (Å²) >= 11 is 3.37. The third kappa shape index (κ3) is 2.82. The lowest BCUT2D eigenvalue weighted by atomic mass is 10.0. The number of aryl methyl sites for hydroxylation is 1. The third-order valence-electron chi connectivity index (χ3n) is 2.00. The molecule has 3 nitrogen and oxygen atoms in total. The van der Waals surface area contributed by atoms with Gasteiger partial charge in [0.05, 0.1) is 6.42 Å². The van der Waals surface area contributed by atoms with Crippen LogP contribution in [0.25, 0.3) is 0 Å². The van der Waals surface area contributed by atoms with E-state index in [4.69, 9.17) is 10.8 Å². The Morgan fingerprint density at radius 1 is 1.64 bits per heavy atom. The van der Waals surface area contributed by atoms with Gasteiger partial charge in [-0.3, -0.25) is 4.79 Å². The molecule has 0 amide bonds. The summed E-state index contributed by atoms with van der Waals surface area (Å²) in [6.45, 7) is 1.95. The van der Waals surface area contributed by atoms with E-state index in [-0.39, 0.29) is 6.42 Å². The first kappa shape index (κ1) is 11.2. The third-order valence-corrected chi connectivity index (χ3v) is 2.89. The van der Waals surface area contributed by atoms with E-state index < -0.39 is 12.0 Å². The number of carboxylic acid groups (broad SMARTS) is 1. The quantitative estimate of drug-likeness (QED) is 0.873. The van der Waals surface area contributed by atoms with Gasteiger partial charge in [0.1, 0.15) is 0 Å². The van der Waals surface area contributed by atoms with Crippen molar-refractivity contribution < 1.29 is 9.90 Å². The van der Waals surface area contributed by atoms with E-state index in [1.54, 1.807) is 0 Å². The lowest BCUT2D eigenvalue weighted by molar-refractivity contribution is -0.137. The number of aliphatic carboxylic acids is 1. The van der Waals surface area contributed by atoms with Crippen molar-refractivity contribution in [2.75, 3.05) is 0 Å². The van der Waals surface area contributed by atoms with Gasteiger partial charge in [0, 0.05) is 10.5 Å². The number of nitrogens with two attached hydrogens (primary N) is 1. The monoisotopic (exact) mass is 257 g/mol. The molecule has 0 fully saturated rings. The molecule has 1 aromatic rings. The first-order chi connectivity index (χ1) is 6.50. The zero-order chi connectivity index (χ0) is 10.7. The van der Waals surface area contributed by atoms with Crippen molar-refractivity contribution in [2.45, 2.75) is 19.4 Å². The normalized spacial score (nSPS) is 12.5. The Hall–Kier alpha value is -0.870. The van der Waals surface area contributed by atoms with Crippen molar-refractivity contribution in [3.63, 3.8) is 0 Å². The van der Waals surface area contributed by atoms with Crippen molar-refractivity contribution in [1.82, 2.24) is 0 Å². The minimum absolute atomic E-state index is 0.0406. The Morgan fingerprint density at radius 2 is 2.29 bits per heavy atom. The molecule has 3 N–H and O–H groups in total. The van der Waals surface area contributed by atoms with Crippen LogP contribution in [0.1, 0.15) is 23.6 Å². The van der Waals surface area contributed by atoms with Gasteiger partial charge in [-0.15, -0.1) is 0 Å². The van der Waals surface area contributed by atoms with Crippen LogP contribution in [0.15, 0.2) is 22.7 Å². The number of halogens is 1. The molecule has 0 unspecified atom stereocenters. The highest BCUT2D eigenvalue weighted by Gasteiger charge is 2.10. The second kappa shape index (κ2) is 4.57. The molecule has 0 saturated heterocycles. The molecule has 1 aromatic carbocycles. The van der Waals surface area contributed by atoms with Crippen LogP contribution < -0.4 is 5.73 Å². The molecule has 0 bridgehead atoms. The van der Waals surface area contributed by atoms with E-state index >= 15 is 0 Å². The van der Waals surface area contributed by atoms with Crippen LogP contribution in [0.3, 0.4) is 0 Å². The van der Waals surface area contributed by atoms with Crippen LogP contribution >= 0.6 is 15.9 Å². The average molecular weight is 258 g/mol. The first-order valence-corrected chi connectivity index (χ1v) is 5.03. The first-order valence-electron chi connectivity index (χ1n) is 4.24. The molecule has 1 atom stereocenters. The molecule has 0 aliphatic carbocycles. The highest BCUT2D eigenvalue weighted by molar-refractivity contribution is 9.10. The van der Waals surface area contributed by atoms with Gasteiger partial charge in [0.15, 0.2) is 0 Å². The largest absolute Gasteiger partial charge is 0.481 e. The van der Waals surface area contributed by atoms with Gasteiger partial charge in [-0.2, -0.15) is 0 Å². The van der Waals surface area contributed by atoms with Crippen LogP contribution in [-0.2, 0) is 4.79 Å². The smallest absolute Gasteiger partial charge is 0.305 e. The number of hydrogen-bond donors (Lipinski definition) is 2. The van der Waals surface area contributed by atoms with Crippen LogP contribution in [0.4, 0.5) is 0 Å². The Morgan fingerprint density at radius 3 is 2.79 bits per heavy atom. The Balaban J connectivity index is 2.85. The molecule has 76 valence electrons. The Kier molecular flexibility index (Phi) is 3.66. The van der Waals surface area contributed by atoms with Gasteiger partial charge >= 0.3 is 5.97 Å². The molecule has 0 saturated carbocycles. The molecule has 14 heavy (non-hydrogen) atoms. The maximum atomic E-state index is 10.4. The zero-order valence-electron chi connectivity index (χ0n) is 7.83. The number of carbonyl (C=O) groups is 1. The van der Waals surface area contributed by atoms with Crippen molar-refractivity contribution >= 4 is 21.9 Å². The van der Waals surface area contributed by atoms with Crippen molar-refractivity contribution in [3.8, 4) is 0 Å². The van der Waals surface area contributed by atoms with Gasteiger partial charge < -0.3 is 10.8 Å². The standard InChI is InChI=1S/C10H12BrNO2/c1-6-4-7(2-3-8(6)11)9(12)5-10(13)14/h2-4,9H,5,12H2,1H3,(H,13,14)/t9-/m1/s1. The molecule has 1 rings (SSSR count). The Labute approximate surface area is 91.1 Å². The van der Waals surface area contributed by atoms with E-state index in [0.29, 0.717) is 0 Å². The maximum Gasteiger partial charge on any atom is 0.305 e. The van der Waals surface area contributed by atoms with Crippen LogP contribution in [0.2, 0.25) is 0 Å². The summed E-state index contributed by atoms with van der Waals surface area (Å²) in [5.41, 5.74) is 7.63. The number of benzene rings is 1. The van der Waals surface area contributed by atoms with Gasteiger partial charge in [0.2, 0.25) is 0 Å². The molecule has 0 radical (unpaired) electrons. The van der Waals surface area contributed by atoms with Crippen molar-refractivity contribution in [1.29, 1.82) is 0 Å². The molecule has 4 heteroatoms. The fourth-order valence-corrected chi connectivity index (χ4v) is 1.45. The predicted molar refractivity (Wildman–Crippen MR) is 58.1 cm³/mol. The highest BCUT2D eigenvalue weighted by Crippen LogP contribution is 2.21. The van der Waals surface area contributed by atoms with Crippen molar-refractivity contribution in [2.24, 2.45) is 5.73 Å². The van der Waals surface area contributed by atoms with Gasteiger partial charge in [0.25, 0.3) is 0 Å². The lowest BCUT2D eigenvalue weighted by Crippen LogP contribution is -2.15. The van der Waals surface area contributed by atoms with E-state index in [1.807, 2.05) is 25.1 Å². The molecule has 0 heterocycles. The summed E-state index contributed by atoms with van der Waals surface area (Å²) < 4.78 is 1.00. The molecular weight excluding hydrogens is 246 g/mol. The number of rotatable bonds is 3. The van der Waals surface area contributed by atoms with Gasteiger partial charge in [-0.1, -0.05) is 28.1 Å². The maximum absolute atomic E-state index is 10.4. The summed E-state index contributed by atoms with van der Waals surface area (Å²) in [7, 11) is 0. The second-order valence-corrected chi connectivity index (χ2v) is 4.07. The van der Waals surface area contributed by atoms with Crippen LogP contribution in [0, 0.1) is 6.92 Å². The van der Waals surface area contributed by atoms with Crippen molar-refractivity contribution in [3.05, 3.63) is 33.8 Å². The molecular formula is C10H12BrNO2. The average Bonchev–Trinajstić information content (AvgIpc) is 2.08. The number of hydrogen-bond acceptors (Lipinski definition) is 2. The summed E-state index contributed by atoms with van der Waals surface area (Å²) in [6, 6.07) is 5.19. The van der Waals surface area contributed by atoms with Crippen LogP contribution in [0.5, 0.6) is 0 Å². The van der Waals surface area contributed by atoms with Crippen LogP contribution in [-0.4, -0.2) is 11.1 Å². The SMILES string of the molecule is Cc1cc([C@H](N)CC(=O)O)ccc1Br. The summed E-state index contributed by atoms with van der Waals surface area (Å²) in [5.74, 6) is -0.877. The molecule has 0 spiro atoms. The van der Waals surface area contributed by atoms with E-state index in [2.05, 4.69) is 15.9 Å². The van der Waals surface area contributed by atoms with Gasteiger partial charge in [-0.25, -0.2) is 0 Å². The topological polar surface area (TPSA) is 63.3 Å². The molecule has 0 aromatic heterocycles. The second-order valence-electron chi connectivity index (χ2n) is 3.21. The fourth-order valence-electron chi connectivity index (χ4n) is 1.20. The fraction of sp³-hybridized carbons (Fsp3) is 0.300. The lowest BCUT2D eigenvalue weighted by Gasteiger charge is -2.10. The van der Waals surface area contributed by atoms with Gasteiger partial charge in [-0.05, 0) is 24.1 Å². The van der Waals surface area contributed by atoms with E-state index in [1.165, 1.54) is 0 Å². The molecule has 0 aliphatic rings.